The summed E-state index contributed by atoms with van der Waals surface area (Å²) in [6, 6.07) is 15.2. The van der Waals surface area contributed by atoms with Crippen molar-refractivity contribution < 1.29 is 18.0 Å². The number of aromatic nitrogens is 3. The Hall–Kier alpha value is -3.91. The van der Waals surface area contributed by atoms with Gasteiger partial charge in [-0.05, 0) is 80.9 Å². The van der Waals surface area contributed by atoms with Crippen LogP contribution in [0.4, 0.5) is 13.2 Å². The SMILES string of the molecule is Cc1ccc(CC(=O)c2ccc(CC(C)N(C)C)cc2C(F)(F)F)cc1Cc1nccc(-c2cccnc2)n1. The van der Waals surface area contributed by atoms with Crippen LogP contribution in [0.2, 0.25) is 0 Å². The molecule has 1 unspecified atom stereocenters. The van der Waals surface area contributed by atoms with Crippen LogP contribution in [0.25, 0.3) is 11.3 Å². The van der Waals surface area contributed by atoms with Gasteiger partial charge in [0.15, 0.2) is 5.78 Å². The Bertz CT molecular complexity index is 1450. The number of hydrogen-bond acceptors (Lipinski definition) is 5. The summed E-state index contributed by atoms with van der Waals surface area (Å²) in [5.41, 5.74) is 3.51. The van der Waals surface area contributed by atoms with Crippen LogP contribution in [0.1, 0.15) is 50.9 Å². The summed E-state index contributed by atoms with van der Waals surface area (Å²) in [5.74, 6) is 0.0315. The molecular weight excluding hydrogens is 501 g/mol. The summed E-state index contributed by atoms with van der Waals surface area (Å²) >= 11 is 0. The second-order valence-corrected chi connectivity index (χ2v) is 10.0. The van der Waals surface area contributed by atoms with E-state index in [-0.39, 0.29) is 18.0 Å². The molecule has 202 valence electrons. The largest absolute Gasteiger partial charge is 0.417 e. The summed E-state index contributed by atoms with van der Waals surface area (Å²) in [6.07, 6.45) is 1.23. The molecule has 0 amide bonds. The molecule has 4 rings (SSSR count). The molecule has 39 heavy (non-hydrogen) atoms. The van der Waals surface area contributed by atoms with Gasteiger partial charge >= 0.3 is 6.18 Å². The third kappa shape index (κ3) is 7.15. The topological polar surface area (TPSA) is 59.0 Å². The lowest BCUT2D eigenvalue weighted by Crippen LogP contribution is -2.27. The molecule has 0 fully saturated rings. The molecule has 5 nitrogen and oxygen atoms in total. The molecule has 1 atom stereocenters. The number of benzene rings is 2. The van der Waals surface area contributed by atoms with Crippen molar-refractivity contribution in [2.45, 2.75) is 45.3 Å². The van der Waals surface area contributed by atoms with Crippen molar-refractivity contribution in [3.63, 3.8) is 0 Å². The summed E-state index contributed by atoms with van der Waals surface area (Å²) in [6.45, 7) is 3.89. The molecule has 0 aliphatic carbocycles. The summed E-state index contributed by atoms with van der Waals surface area (Å²) in [7, 11) is 3.76. The van der Waals surface area contributed by atoms with Gasteiger partial charge in [-0.1, -0.05) is 30.3 Å². The predicted molar refractivity (Wildman–Crippen MR) is 146 cm³/mol. The summed E-state index contributed by atoms with van der Waals surface area (Å²) in [5, 5.41) is 0. The van der Waals surface area contributed by atoms with E-state index in [1.54, 1.807) is 30.7 Å². The number of nitrogens with zero attached hydrogens (tertiary/aromatic N) is 4. The first kappa shape index (κ1) is 28.1. The van der Waals surface area contributed by atoms with E-state index in [4.69, 9.17) is 0 Å². The fourth-order valence-corrected chi connectivity index (χ4v) is 4.36. The van der Waals surface area contributed by atoms with Gasteiger partial charge in [0.25, 0.3) is 0 Å². The van der Waals surface area contributed by atoms with Crippen molar-refractivity contribution in [3.8, 4) is 11.3 Å². The first-order chi connectivity index (χ1) is 18.5. The molecule has 0 radical (unpaired) electrons. The first-order valence-corrected chi connectivity index (χ1v) is 12.7. The molecule has 2 aromatic heterocycles. The Kier molecular flexibility index (Phi) is 8.55. The minimum absolute atomic E-state index is 0.0626. The van der Waals surface area contributed by atoms with Gasteiger partial charge in [0, 0.05) is 48.6 Å². The number of aryl methyl sites for hydroxylation is 1. The van der Waals surface area contributed by atoms with Crippen molar-refractivity contribution in [2.24, 2.45) is 0 Å². The van der Waals surface area contributed by atoms with Crippen LogP contribution in [0.5, 0.6) is 0 Å². The van der Waals surface area contributed by atoms with Gasteiger partial charge in [0.1, 0.15) is 5.82 Å². The molecule has 0 aliphatic rings. The standard InChI is InChI=1S/C31H31F3N4O/c1-20-7-8-23(15-25(20)18-30-36-13-11-28(37-30)24-6-5-12-35-19-24)17-29(39)26-10-9-22(14-21(2)38(3)4)16-27(26)31(32,33)34/h5-13,15-16,19,21H,14,17-18H2,1-4H3. The quantitative estimate of drug-likeness (QED) is 0.234. The van der Waals surface area contributed by atoms with Crippen LogP contribution in [0.3, 0.4) is 0 Å². The Balaban J connectivity index is 1.56. The molecular formula is C31H31F3N4O. The molecule has 8 heteroatoms. The number of alkyl halides is 3. The molecule has 0 N–H and O–H groups in total. The van der Waals surface area contributed by atoms with Gasteiger partial charge in [-0.25, -0.2) is 9.97 Å². The number of hydrogen-bond donors (Lipinski definition) is 0. The minimum Gasteiger partial charge on any atom is -0.306 e. The number of carbonyl (C=O) groups is 1. The first-order valence-electron chi connectivity index (χ1n) is 12.7. The average Bonchev–Trinajstić information content (AvgIpc) is 2.90. The van der Waals surface area contributed by atoms with E-state index in [0.717, 1.165) is 28.5 Å². The number of Topliss-reactive ketones (excluding diaryl/α,β-unsaturated/α-hetero) is 1. The van der Waals surface area contributed by atoms with Crippen LogP contribution in [-0.4, -0.2) is 45.8 Å². The summed E-state index contributed by atoms with van der Waals surface area (Å²) < 4.78 is 41.9. The van der Waals surface area contributed by atoms with Crippen molar-refractivity contribution in [2.75, 3.05) is 14.1 Å². The number of ketones is 1. The Labute approximate surface area is 226 Å². The number of pyridine rings is 1. The maximum Gasteiger partial charge on any atom is 0.417 e. The van der Waals surface area contributed by atoms with Crippen LogP contribution in [-0.2, 0) is 25.4 Å². The van der Waals surface area contributed by atoms with Crippen molar-refractivity contribution in [3.05, 3.63) is 112 Å². The van der Waals surface area contributed by atoms with Crippen LogP contribution >= 0.6 is 0 Å². The number of halogens is 3. The smallest absolute Gasteiger partial charge is 0.306 e. The van der Waals surface area contributed by atoms with E-state index < -0.39 is 17.5 Å². The zero-order valence-corrected chi connectivity index (χ0v) is 22.5. The van der Waals surface area contributed by atoms with Crippen LogP contribution in [0.15, 0.2) is 73.2 Å². The average molecular weight is 533 g/mol. The van der Waals surface area contributed by atoms with Gasteiger partial charge in [-0.2, -0.15) is 13.2 Å². The van der Waals surface area contributed by atoms with E-state index >= 15 is 0 Å². The van der Waals surface area contributed by atoms with Crippen molar-refractivity contribution in [1.82, 2.24) is 19.9 Å². The van der Waals surface area contributed by atoms with E-state index in [9.17, 15) is 18.0 Å². The molecule has 0 saturated carbocycles. The highest BCUT2D eigenvalue weighted by Gasteiger charge is 2.35. The third-order valence-electron chi connectivity index (χ3n) is 6.89. The lowest BCUT2D eigenvalue weighted by Gasteiger charge is -2.21. The Morgan fingerprint density at radius 3 is 2.46 bits per heavy atom. The monoisotopic (exact) mass is 532 g/mol. The van der Waals surface area contributed by atoms with Crippen LogP contribution in [0, 0.1) is 6.92 Å². The molecule has 2 aromatic carbocycles. The molecule has 0 aliphatic heterocycles. The maximum atomic E-state index is 14.0. The van der Waals surface area contributed by atoms with Crippen molar-refractivity contribution >= 4 is 5.78 Å². The van der Waals surface area contributed by atoms with Crippen LogP contribution < -0.4 is 0 Å². The van der Waals surface area contributed by atoms with E-state index in [1.807, 2.05) is 63.2 Å². The van der Waals surface area contributed by atoms with Crippen molar-refractivity contribution in [1.29, 1.82) is 0 Å². The third-order valence-corrected chi connectivity index (χ3v) is 6.89. The molecule has 0 bridgehead atoms. The second-order valence-electron chi connectivity index (χ2n) is 10.0. The fourth-order valence-electron chi connectivity index (χ4n) is 4.36. The van der Waals surface area contributed by atoms with E-state index in [2.05, 4.69) is 15.0 Å². The highest BCUT2D eigenvalue weighted by molar-refractivity contribution is 5.99. The van der Waals surface area contributed by atoms with Gasteiger partial charge in [-0.3, -0.25) is 9.78 Å². The lowest BCUT2D eigenvalue weighted by molar-refractivity contribution is -0.138. The van der Waals surface area contributed by atoms with E-state index in [0.29, 0.717) is 29.8 Å². The van der Waals surface area contributed by atoms with Gasteiger partial charge in [0.05, 0.1) is 11.3 Å². The Morgan fingerprint density at radius 2 is 1.77 bits per heavy atom. The molecule has 0 spiro atoms. The molecule has 0 saturated heterocycles. The Morgan fingerprint density at radius 1 is 1.00 bits per heavy atom. The van der Waals surface area contributed by atoms with Gasteiger partial charge in [-0.15, -0.1) is 0 Å². The minimum atomic E-state index is -4.63. The normalized spacial score (nSPS) is 12.5. The zero-order valence-electron chi connectivity index (χ0n) is 22.5. The summed E-state index contributed by atoms with van der Waals surface area (Å²) in [4.78, 5) is 28.3. The highest BCUT2D eigenvalue weighted by Crippen LogP contribution is 2.34. The van der Waals surface area contributed by atoms with Gasteiger partial charge in [0.2, 0.25) is 0 Å². The van der Waals surface area contributed by atoms with Gasteiger partial charge < -0.3 is 4.90 Å². The molecule has 4 aromatic rings. The molecule has 2 heterocycles. The second kappa shape index (κ2) is 11.9. The zero-order chi connectivity index (χ0) is 28.2. The highest BCUT2D eigenvalue weighted by atomic mass is 19.4. The number of rotatable bonds is 9. The number of carbonyl (C=O) groups excluding carboxylic acids is 1. The van der Waals surface area contributed by atoms with E-state index in [1.165, 1.54) is 6.07 Å². The predicted octanol–water partition coefficient (Wildman–Crippen LogP) is 6.37. The fraction of sp³-hybridized carbons (Fsp3) is 0.290. The lowest BCUT2D eigenvalue weighted by atomic mass is 9.93. The number of likely N-dealkylation sites (N-methyl/N-ethyl adjacent to an activating group) is 1. The maximum absolute atomic E-state index is 14.0.